The third kappa shape index (κ3) is 8.38. The summed E-state index contributed by atoms with van der Waals surface area (Å²) in [6, 6.07) is 1.87. The van der Waals surface area contributed by atoms with E-state index in [4.69, 9.17) is 10.8 Å². The van der Waals surface area contributed by atoms with Crippen molar-refractivity contribution in [2.45, 2.75) is 64.2 Å². The van der Waals surface area contributed by atoms with E-state index in [9.17, 15) is 24.3 Å². The molecule has 12 nitrogen and oxygen atoms in total. The Balaban J connectivity index is 2.26. The van der Waals surface area contributed by atoms with Crippen molar-refractivity contribution < 1.29 is 29.4 Å². The summed E-state index contributed by atoms with van der Waals surface area (Å²) < 4.78 is 0. The van der Waals surface area contributed by atoms with E-state index in [0.717, 1.165) is 0 Å². The van der Waals surface area contributed by atoms with Gasteiger partial charge in [-0.25, -0.2) is 4.98 Å². The average molecular weight is 503 g/mol. The molecule has 0 bridgehead atoms. The Hall–Kier alpha value is -3.93. The summed E-state index contributed by atoms with van der Waals surface area (Å²) >= 11 is 0. The molecule has 0 spiro atoms. The minimum absolute atomic E-state index is 0.0101. The Morgan fingerprint density at radius 2 is 1.56 bits per heavy atom. The van der Waals surface area contributed by atoms with Gasteiger partial charge >= 0.3 is 5.97 Å². The number of nitrogens with one attached hydrogen (secondary N) is 4. The Bertz CT molecular complexity index is 1030. The fraction of sp³-hybridized carbons (Fsp3) is 0.458. The molecule has 12 heteroatoms. The van der Waals surface area contributed by atoms with Crippen LogP contribution < -0.4 is 21.7 Å². The molecule has 2 aromatic rings. The number of carboxylic acid groups (broad SMARTS) is 1. The Morgan fingerprint density at radius 1 is 0.972 bits per heavy atom. The Labute approximate surface area is 209 Å². The second-order valence-corrected chi connectivity index (χ2v) is 8.75. The first-order valence-corrected chi connectivity index (χ1v) is 11.7. The van der Waals surface area contributed by atoms with Gasteiger partial charge in [-0.2, -0.15) is 0 Å². The highest BCUT2D eigenvalue weighted by Gasteiger charge is 2.30. The lowest BCUT2D eigenvalue weighted by atomic mass is 9.98. The van der Waals surface area contributed by atoms with E-state index in [2.05, 4.69) is 25.9 Å². The van der Waals surface area contributed by atoms with Gasteiger partial charge in [-0.1, -0.05) is 32.4 Å². The van der Waals surface area contributed by atoms with Crippen LogP contribution in [-0.4, -0.2) is 68.0 Å². The molecular formula is C24H34N6O6. The van der Waals surface area contributed by atoms with E-state index in [1.54, 1.807) is 12.1 Å². The SMILES string of the molecule is CCC(C)C(N)C(=O)NC(Cc1ccc(O)cc1)C(=O)NC(Cc1cnc[nH]1)C(=O)NC(C)C(=O)O. The first-order valence-electron chi connectivity index (χ1n) is 11.7. The average Bonchev–Trinajstić information content (AvgIpc) is 3.36. The van der Waals surface area contributed by atoms with Crippen molar-refractivity contribution in [2.24, 2.45) is 11.7 Å². The number of phenolic OH excluding ortho intramolecular Hbond substituents is 1. The molecule has 5 atom stereocenters. The summed E-state index contributed by atoms with van der Waals surface area (Å²) in [7, 11) is 0. The van der Waals surface area contributed by atoms with Gasteiger partial charge in [0.15, 0.2) is 0 Å². The number of H-pyrrole nitrogens is 1. The number of phenols is 1. The van der Waals surface area contributed by atoms with Crippen LogP contribution in [0.5, 0.6) is 5.75 Å². The third-order valence-electron chi connectivity index (χ3n) is 5.91. The molecule has 196 valence electrons. The molecule has 3 amide bonds. The summed E-state index contributed by atoms with van der Waals surface area (Å²) in [4.78, 5) is 56.9. The van der Waals surface area contributed by atoms with Gasteiger partial charge in [-0.3, -0.25) is 19.2 Å². The topological polar surface area (TPSA) is 200 Å². The summed E-state index contributed by atoms with van der Waals surface area (Å²) in [5.41, 5.74) is 7.24. The number of aromatic amines is 1. The van der Waals surface area contributed by atoms with Crippen LogP contribution in [0.2, 0.25) is 0 Å². The van der Waals surface area contributed by atoms with Crippen LogP contribution in [0.4, 0.5) is 0 Å². The standard InChI is InChI=1S/C24H34N6O6/c1-4-13(2)20(25)23(34)30-18(9-15-5-7-17(31)8-6-15)22(33)29-19(10-16-11-26-12-27-16)21(32)28-14(3)24(35)36/h5-8,11-14,18-20,31H,4,9-10,25H2,1-3H3,(H,26,27)(H,28,32)(H,29,33)(H,30,34)(H,35,36). The quantitative estimate of drug-likeness (QED) is 0.196. The summed E-state index contributed by atoms with van der Waals surface area (Å²) in [6.45, 7) is 5.03. The van der Waals surface area contributed by atoms with Crippen LogP contribution in [0, 0.1) is 5.92 Å². The second-order valence-electron chi connectivity index (χ2n) is 8.75. The predicted octanol–water partition coefficient (Wildman–Crippen LogP) is -0.167. The van der Waals surface area contributed by atoms with Crippen LogP contribution in [0.25, 0.3) is 0 Å². The summed E-state index contributed by atoms with van der Waals surface area (Å²) in [5, 5.41) is 26.3. The number of rotatable bonds is 13. The molecule has 0 aliphatic heterocycles. The van der Waals surface area contributed by atoms with E-state index in [1.807, 2.05) is 13.8 Å². The molecule has 1 aromatic carbocycles. The van der Waals surface area contributed by atoms with Gasteiger partial charge in [0.2, 0.25) is 17.7 Å². The van der Waals surface area contributed by atoms with E-state index >= 15 is 0 Å². The van der Waals surface area contributed by atoms with Crippen LogP contribution >= 0.6 is 0 Å². The number of nitrogens with zero attached hydrogens (tertiary/aromatic N) is 1. The highest BCUT2D eigenvalue weighted by Crippen LogP contribution is 2.13. The van der Waals surface area contributed by atoms with Crippen molar-refractivity contribution in [3.05, 3.63) is 48.0 Å². The number of aliphatic carboxylic acids is 1. The molecule has 0 aliphatic rings. The molecule has 0 saturated heterocycles. The number of aromatic nitrogens is 2. The van der Waals surface area contributed by atoms with Crippen molar-refractivity contribution in [1.29, 1.82) is 0 Å². The maximum Gasteiger partial charge on any atom is 0.325 e. The number of carboxylic acids is 1. The molecule has 0 fully saturated rings. The van der Waals surface area contributed by atoms with E-state index in [0.29, 0.717) is 17.7 Å². The zero-order chi connectivity index (χ0) is 26.8. The van der Waals surface area contributed by atoms with Gasteiger partial charge in [-0.15, -0.1) is 0 Å². The lowest BCUT2D eigenvalue weighted by Gasteiger charge is -2.26. The lowest BCUT2D eigenvalue weighted by Crippen LogP contribution is -2.58. The zero-order valence-electron chi connectivity index (χ0n) is 20.5. The monoisotopic (exact) mass is 502 g/mol. The molecule has 5 unspecified atom stereocenters. The van der Waals surface area contributed by atoms with Gasteiger partial charge in [0.05, 0.1) is 12.4 Å². The number of carbonyl (C=O) groups excluding carboxylic acids is 3. The largest absolute Gasteiger partial charge is 0.508 e. The van der Waals surface area contributed by atoms with Gasteiger partial charge in [0.25, 0.3) is 0 Å². The summed E-state index contributed by atoms with van der Waals surface area (Å²) in [6.07, 6.45) is 3.63. The number of hydrogen-bond acceptors (Lipinski definition) is 7. The number of amides is 3. The fourth-order valence-electron chi connectivity index (χ4n) is 3.33. The Kier molecular flexibility index (Phi) is 10.4. The molecule has 8 N–H and O–H groups in total. The highest BCUT2D eigenvalue weighted by molar-refractivity contribution is 5.94. The number of aromatic hydroxyl groups is 1. The smallest absolute Gasteiger partial charge is 0.325 e. The van der Waals surface area contributed by atoms with Crippen molar-refractivity contribution in [3.63, 3.8) is 0 Å². The van der Waals surface area contributed by atoms with Crippen LogP contribution in [0.15, 0.2) is 36.8 Å². The van der Waals surface area contributed by atoms with E-state index in [1.165, 1.54) is 31.6 Å². The third-order valence-corrected chi connectivity index (χ3v) is 5.91. The molecular weight excluding hydrogens is 468 g/mol. The normalized spacial score (nSPS) is 15.1. The van der Waals surface area contributed by atoms with Gasteiger partial charge < -0.3 is 36.9 Å². The van der Waals surface area contributed by atoms with Crippen molar-refractivity contribution in [3.8, 4) is 5.75 Å². The molecule has 36 heavy (non-hydrogen) atoms. The van der Waals surface area contributed by atoms with E-state index in [-0.39, 0.29) is 24.5 Å². The van der Waals surface area contributed by atoms with Crippen molar-refractivity contribution >= 4 is 23.7 Å². The maximum absolute atomic E-state index is 13.3. The number of benzene rings is 1. The molecule has 0 saturated carbocycles. The molecule has 0 radical (unpaired) electrons. The molecule has 0 aliphatic carbocycles. The number of nitrogens with two attached hydrogens (primary N) is 1. The molecule has 1 aromatic heterocycles. The van der Waals surface area contributed by atoms with Gasteiger partial charge in [0, 0.05) is 24.7 Å². The van der Waals surface area contributed by atoms with Crippen LogP contribution in [0.1, 0.15) is 38.4 Å². The fourth-order valence-corrected chi connectivity index (χ4v) is 3.33. The van der Waals surface area contributed by atoms with Crippen molar-refractivity contribution in [2.75, 3.05) is 0 Å². The summed E-state index contributed by atoms with van der Waals surface area (Å²) in [5.74, 6) is -3.19. The van der Waals surface area contributed by atoms with Gasteiger partial charge in [-0.05, 0) is 30.5 Å². The van der Waals surface area contributed by atoms with Crippen LogP contribution in [0.3, 0.4) is 0 Å². The lowest BCUT2D eigenvalue weighted by molar-refractivity contribution is -0.141. The Morgan fingerprint density at radius 3 is 2.11 bits per heavy atom. The maximum atomic E-state index is 13.3. The zero-order valence-corrected chi connectivity index (χ0v) is 20.5. The van der Waals surface area contributed by atoms with Crippen molar-refractivity contribution in [1.82, 2.24) is 25.9 Å². The minimum atomic E-state index is -1.23. The number of hydrogen-bond donors (Lipinski definition) is 7. The first kappa shape index (κ1) is 28.3. The molecule has 2 rings (SSSR count). The van der Waals surface area contributed by atoms with Gasteiger partial charge in [0.1, 0.15) is 23.9 Å². The predicted molar refractivity (Wildman–Crippen MR) is 131 cm³/mol. The second kappa shape index (κ2) is 13.2. The number of imidazole rings is 1. The first-order chi connectivity index (χ1) is 17.0. The van der Waals surface area contributed by atoms with Crippen LogP contribution in [-0.2, 0) is 32.0 Å². The number of carbonyl (C=O) groups is 4. The molecule has 1 heterocycles. The highest BCUT2D eigenvalue weighted by atomic mass is 16.4. The van der Waals surface area contributed by atoms with E-state index < -0.39 is 47.9 Å². The minimum Gasteiger partial charge on any atom is -0.508 e.